The fourth-order valence-electron chi connectivity index (χ4n) is 2.40. The number of carbonyl (C=O) groups is 1. The molecule has 0 saturated heterocycles. The minimum absolute atomic E-state index is 0.00497. The Balaban J connectivity index is 1.91. The van der Waals surface area contributed by atoms with Crippen molar-refractivity contribution in [3.63, 3.8) is 0 Å². The predicted octanol–water partition coefficient (Wildman–Crippen LogP) is 1.03. The SMILES string of the molecule is Cc1nonc1C(=O)N[C@H]1CCS(=O)(=O)c2ccccc21. The van der Waals surface area contributed by atoms with Crippen LogP contribution in [0.25, 0.3) is 0 Å². The molecule has 2 aromatic rings. The molecule has 7 nitrogen and oxygen atoms in total. The van der Waals surface area contributed by atoms with Gasteiger partial charge >= 0.3 is 0 Å². The molecule has 1 aromatic carbocycles. The summed E-state index contributed by atoms with van der Waals surface area (Å²) in [5.41, 5.74) is 1.11. The van der Waals surface area contributed by atoms with Crippen molar-refractivity contribution in [2.45, 2.75) is 24.3 Å². The van der Waals surface area contributed by atoms with Crippen molar-refractivity contribution < 1.29 is 17.8 Å². The van der Waals surface area contributed by atoms with Gasteiger partial charge in [-0.15, -0.1) is 0 Å². The molecule has 0 unspecified atom stereocenters. The van der Waals surface area contributed by atoms with E-state index >= 15 is 0 Å². The maximum Gasteiger partial charge on any atom is 0.275 e. The number of carbonyl (C=O) groups excluding carboxylic acids is 1. The summed E-state index contributed by atoms with van der Waals surface area (Å²) in [6.45, 7) is 1.62. The second kappa shape index (κ2) is 4.96. The lowest BCUT2D eigenvalue weighted by molar-refractivity contribution is 0.0924. The van der Waals surface area contributed by atoms with Crippen LogP contribution < -0.4 is 5.32 Å². The van der Waals surface area contributed by atoms with Gasteiger partial charge in [0.05, 0.1) is 16.7 Å². The van der Waals surface area contributed by atoms with Gasteiger partial charge in [-0.25, -0.2) is 13.0 Å². The van der Waals surface area contributed by atoms with Gasteiger partial charge in [-0.1, -0.05) is 23.4 Å². The molecule has 0 radical (unpaired) electrons. The number of sulfone groups is 1. The van der Waals surface area contributed by atoms with Gasteiger partial charge in [0.1, 0.15) is 5.69 Å². The lowest BCUT2D eigenvalue weighted by Crippen LogP contribution is -2.34. The van der Waals surface area contributed by atoms with E-state index in [4.69, 9.17) is 0 Å². The third-order valence-corrected chi connectivity index (χ3v) is 5.29. The molecule has 0 spiro atoms. The molecule has 3 rings (SSSR count). The molecule has 1 N–H and O–H groups in total. The number of rotatable bonds is 2. The van der Waals surface area contributed by atoms with Crippen molar-refractivity contribution >= 4 is 15.7 Å². The van der Waals surface area contributed by atoms with E-state index in [2.05, 4.69) is 20.3 Å². The second-order valence-electron chi connectivity index (χ2n) is 4.87. The van der Waals surface area contributed by atoms with Crippen molar-refractivity contribution in [1.29, 1.82) is 0 Å². The van der Waals surface area contributed by atoms with Crippen LogP contribution in [0.15, 0.2) is 33.8 Å². The lowest BCUT2D eigenvalue weighted by Gasteiger charge is -2.25. The molecule has 1 atom stereocenters. The van der Waals surface area contributed by atoms with E-state index in [-0.39, 0.29) is 22.4 Å². The Kier molecular flexibility index (Phi) is 3.25. The Bertz CT molecular complexity index is 797. The zero-order valence-corrected chi connectivity index (χ0v) is 12.1. The highest BCUT2D eigenvalue weighted by molar-refractivity contribution is 7.91. The molecule has 0 saturated carbocycles. The van der Waals surface area contributed by atoms with Crippen LogP contribution in [0.2, 0.25) is 0 Å². The molecule has 21 heavy (non-hydrogen) atoms. The molecule has 8 heteroatoms. The Morgan fingerprint density at radius 1 is 1.33 bits per heavy atom. The molecule has 1 aliphatic rings. The quantitative estimate of drug-likeness (QED) is 0.889. The third-order valence-electron chi connectivity index (χ3n) is 3.48. The summed E-state index contributed by atoms with van der Waals surface area (Å²) >= 11 is 0. The van der Waals surface area contributed by atoms with E-state index < -0.39 is 15.7 Å². The maximum atomic E-state index is 12.1. The Labute approximate surface area is 121 Å². The Morgan fingerprint density at radius 2 is 2.10 bits per heavy atom. The first kappa shape index (κ1) is 13.7. The smallest absolute Gasteiger partial charge is 0.275 e. The number of hydrogen-bond donors (Lipinski definition) is 1. The van der Waals surface area contributed by atoms with Crippen LogP contribution in [0.1, 0.15) is 34.2 Å². The highest BCUT2D eigenvalue weighted by Crippen LogP contribution is 2.32. The van der Waals surface area contributed by atoms with Gasteiger partial charge in [-0.3, -0.25) is 4.79 Å². The molecule has 1 aromatic heterocycles. The maximum absolute atomic E-state index is 12.1. The topological polar surface area (TPSA) is 102 Å². The van der Waals surface area contributed by atoms with Gasteiger partial charge in [0.15, 0.2) is 15.5 Å². The molecule has 1 aliphatic heterocycles. The standard InChI is InChI=1S/C13H13N3O4S/c1-8-12(16-20-15-8)13(17)14-10-6-7-21(18,19)11-5-3-2-4-9(10)11/h2-5,10H,6-7H2,1H3,(H,14,17)/t10-/m0/s1. The second-order valence-corrected chi connectivity index (χ2v) is 6.95. The summed E-state index contributed by atoms with van der Waals surface area (Å²) in [6.07, 6.45) is 0.329. The largest absolute Gasteiger partial charge is 0.344 e. The zero-order chi connectivity index (χ0) is 15.0. The van der Waals surface area contributed by atoms with Crippen molar-refractivity contribution in [1.82, 2.24) is 15.6 Å². The zero-order valence-electron chi connectivity index (χ0n) is 11.2. The number of aromatic nitrogens is 2. The molecule has 0 fully saturated rings. The Hall–Kier alpha value is -2.22. The lowest BCUT2D eigenvalue weighted by atomic mass is 10.0. The third kappa shape index (κ3) is 2.42. The summed E-state index contributed by atoms with van der Waals surface area (Å²) in [5.74, 6) is -0.418. The summed E-state index contributed by atoms with van der Waals surface area (Å²) in [4.78, 5) is 12.4. The molecular weight excluding hydrogens is 294 g/mol. The molecular formula is C13H13N3O4S. The average Bonchev–Trinajstić information content (AvgIpc) is 2.89. The van der Waals surface area contributed by atoms with Crippen LogP contribution in [0.5, 0.6) is 0 Å². The highest BCUT2D eigenvalue weighted by Gasteiger charge is 2.31. The Morgan fingerprint density at radius 3 is 2.81 bits per heavy atom. The van der Waals surface area contributed by atoms with E-state index in [0.29, 0.717) is 17.7 Å². The predicted molar refractivity (Wildman–Crippen MR) is 72.4 cm³/mol. The molecule has 1 amide bonds. The molecule has 0 bridgehead atoms. The highest BCUT2D eigenvalue weighted by atomic mass is 32.2. The van der Waals surface area contributed by atoms with Gasteiger partial charge < -0.3 is 5.32 Å². The number of nitrogens with zero attached hydrogens (tertiary/aromatic N) is 2. The fraction of sp³-hybridized carbons (Fsp3) is 0.308. The minimum atomic E-state index is -3.27. The van der Waals surface area contributed by atoms with Gasteiger partial charge in [0, 0.05) is 0 Å². The summed E-state index contributed by atoms with van der Waals surface area (Å²) < 4.78 is 28.6. The van der Waals surface area contributed by atoms with Crippen molar-refractivity contribution in [3.05, 3.63) is 41.2 Å². The summed E-state index contributed by atoms with van der Waals surface area (Å²) in [6, 6.07) is 6.33. The van der Waals surface area contributed by atoms with Crippen LogP contribution in [-0.4, -0.2) is 30.4 Å². The van der Waals surface area contributed by atoms with Gasteiger partial charge in [-0.05, 0) is 30.1 Å². The van der Waals surface area contributed by atoms with Crippen molar-refractivity contribution in [2.24, 2.45) is 0 Å². The summed E-state index contributed by atoms with van der Waals surface area (Å²) in [5, 5.41) is 9.89. The van der Waals surface area contributed by atoms with E-state index in [1.165, 1.54) is 0 Å². The first-order chi connectivity index (χ1) is 9.99. The van der Waals surface area contributed by atoms with Gasteiger partial charge in [0.2, 0.25) is 0 Å². The number of amides is 1. The fourth-order valence-corrected chi connectivity index (χ4v) is 4.03. The van der Waals surface area contributed by atoms with Crippen LogP contribution in [0.4, 0.5) is 0 Å². The molecule has 110 valence electrons. The normalized spacial score (nSPS) is 19.8. The van der Waals surface area contributed by atoms with E-state index in [0.717, 1.165) is 0 Å². The molecule has 2 heterocycles. The number of fused-ring (bicyclic) bond motifs is 1. The van der Waals surface area contributed by atoms with Crippen LogP contribution in [-0.2, 0) is 9.84 Å². The monoisotopic (exact) mass is 307 g/mol. The van der Waals surface area contributed by atoms with Crippen LogP contribution in [0.3, 0.4) is 0 Å². The van der Waals surface area contributed by atoms with E-state index in [9.17, 15) is 13.2 Å². The minimum Gasteiger partial charge on any atom is -0.344 e. The summed E-state index contributed by atoms with van der Waals surface area (Å²) in [7, 11) is -3.27. The van der Waals surface area contributed by atoms with Crippen molar-refractivity contribution in [3.8, 4) is 0 Å². The van der Waals surface area contributed by atoms with Gasteiger partial charge in [-0.2, -0.15) is 0 Å². The first-order valence-electron chi connectivity index (χ1n) is 6.41. The van der Waals surface area contributed by atoms with Crippen LogP contribution in [0, 0.1) is 6.92 Å². The van der Waals surface area contributed by atoms with E-state index in [1.807, 2.05) is 0 Å². The number of benzene rings is 1. The number of nitrogens with one attached hydrogen (secondary N) is 1. The van der Waals surface area contributed by atoms with E-state index in [1.54, 1.807) is 31.2 Å². The van der Waals surface area contributed by atoms with Gasteiger partial charge in [0.25, 0.3) is 5.91 Å². The average molecular weight is 307 g/mol. The van der Waals surface area contributed by atoms with Crippen LogP contribution >= 0.6 is 0 Å². The number of aryl methyl sites for hydroxylation is 1. The van der Waals surface area contributed by atoms with Crippen molar-refractivity contribution in [2.75, 3.05) is 5.75 Å². The first-order valence-corrected chi connectivity index (χ1v) is 8.06. The number of hydrogen-bond acceptors (Lipinski definition) is 6. The molecule has 0 aliphatic carbocycles.